The Kier molecular flexibility index (Phi) is 16.6. The number of hydrogen-bond acceptors (Lipinski definition) is 5. The fourth-order valence-electron chi connectivity index (χ4n) is 13.5. The van der Waals surface area contributed by atoms with Crippen LogP contribution in [0.5, 0.6) is 0 Å². The average molecular weight is 781 g/mol. The summed E-state index contributed by atoms with van der Waals surface area (Å²) in [5.74, 6) is 3.84. The van der Waals surface area contributed by atoms with Crippen LogP contribution in [0.3, 0.4) is 0 Å². The molecule has 8 heteroatoms. The monoisotopic (exact) mass is 781 g/mol. The molecule has 5 aliphatic rings. The Labute approximate surface area is 331 Å². The van der Waals surface area contributed by atoms with E-state index >= 15 is 0 Å². The van der Waals surface area contributed by atoms with E-state index in [2.05, 4.69) is 34.6 Å². The van der Waals surface area contributed by atoms with Gasteiger partial charge in [-0.3, -0.25) is 4.57 Å². The second-order valence-electron chi connectivity index (χ2n) is 20.3. The molecule has 0 aromatic carbocycles. The van der Waals surface area contributed by atoms with Crippen molar-refractivity contribution >= 4 is 7.60 Å². The molecule has 5 rings (SSSR count). The minimum Gasteiger partial charge on any atom is -0.390 e. The Balaban J connectivity index is 1.09. The number of hydrogen-bond donors (Lipinski definition) is 4. The van der Waals surface area contributed by atoms with Crippen molar-refractivity contribution in [2.45, 2.75) is 238 Å². The zero-order valence-corrected chi connectivity index (χ0v) is 36.6. The second-order valence-corrected chi connectivity index (χ2v) is 22.2. The van der Waals surface area contributed by atoms with Crippen LogP contribution in [0.1, 0.15) is 208 Å². The third-order valence-electron chi connectivity index (χ3n) is 16.9. The number of aliphatic hydroxyl groups is 2. The van der Waals surface area contributed by atoms with Crippen LogP contribution >= 0.6 is 7.60 Å². The summed E-state index contributed by atoms with van der Waals surface area (Å²) in [5, 5.41) is 20.7. The molecule has 1 heterocycles. The first-order valence-corrected chi connectivity index (χ1v) is 25.1. The molecule has 316 valence electrons. The number of unbranched alkanes of at least 4 members (excludes halogenated alkanes) is 12. The highest BCUT2D eigenvalue weighted by Gasteiger charge is 2.65. The topological polar surface area (TPSA) is 116 Å². The van der Waals surface area contributed by atoms with Crippen LogP contribution in [0.2, 0.25) is 0 Å². The summed E-state index contributed by atoms with van der Waals surface area (Å²) < 4.78 is 26.0. The standard InChI is InChI=1S/C46H85O7P/c1-7-9-10-11-12-13-14-15-16-17-18-19-20-22-34(4)42(48)43-40(47)31-41(52-43)53-46(54(49,50)51)30-29-44(5)35(32-46)23-24-36-38-26-25-37(33(3)21-8-2)45(38,6)28-27-39(36)44/h33-43,47-48H,7-32H2,1-6H3,(H2,49,50,51)/t33-,34?,35?,36?,37-,38?,39?,40+,41?,42?,43+,44+,45-,46?/m1/s1. The molecule has 1 saturated heterocycles. The van der Waals surface area contributed by atoms with Gasteiger partial charge in [-0.25, -0.2) is 0 Å². The van der Waals surface area contributed by atoms with Crippen LogP contribution in [0.25, 0.3) is 0 Å². The van der Waals surface area contributed by atoms with Crippen molar-refractivity contribution in [2.24, 2.45) is 52.3 Å². The first kappa shape index (κ1) is 45.1. The molecule has 7 nitrogen and oxygen atoms in total. The molecule has 0 spiro atoms. The Hall–Kier alpha value is -0.0100. The second kappa shape index (κ2) is 19.8. The third-order valence-corrected chi connectivity index (χ3v) is 18.4. The van der Waals surface area contributed by atoms with E-state index in [0.29, 0.717) is 30.1 Å². The van der Waals surface area contributed by atoms with Gasteiger partial charge in [0.05, 0.1) is 12.2 Å². The number of ether oxygens (including phenoxy) is 2. The van der Waals surface area contributed by atoms with Crippen LogP contribution in [0, 0.1) is 52.3 Å². The van der Waals surface area contributed by atoms with Crippen molar-refractivity contribution in [1.29, 1.82) is 0 Å². The van der Waals surface area contributed by atoms with Crippen LogP contribution < -0.4 is 0 Å². The van der Waals surface area contributed by atoms with Gasteiger partial charge in [0.15, 0.2) is 11.6 Å². The molecule has 4 aliphatic carbocycles. The maximum atomic E-state index is 13.4. The van der Waals surface area contributed by atoms with E-state index < -0.39 is 37.5 Å². The first-order valence-electron chi connectivity index (χ1n) is 23.5. The molecule has 4 saturated carbocycles. The first-order chi connectivity index (χ1) is 25.7. The summed E-state index contributed by atoms with van der Waals surface area (Å²) in [5.41, 5.74) is 0.481. The van der Waals surface area contributed by atoms with E-state index in [0.717, 1.165) is 56.3 Å². The molecule has 14 atom stereocenters. The number of aliphatic hydroxyl groups excluding tert-OH is 2. The molecule has 0 amide bonds. The molecule has 54 heavy (non-hydrogen) atoms. The molecule has 8 unspecified atom stereocenters. The van der Waals surface area contributed by atoms with E-state index in [1.165, 1.54) is 109 Å². The van der Waals surface area contributed by atoms with Gasteiger partial charge in [-0.2, -0.15) is 0 Å². The van der Waals surface area contributed by atoms with Crippen LogP contribution in [-0.4, -0.2) is 49.9 Å². The Bertz CT molecular complexity index is 1180. The lowest BCUT2D eigenvalue weighted by Gasteiger charge is -2.62. The largest absolute Gasteiger partial charge is 0.390 e. The van der Waals surface area contributed by atoms with E-state index in [1.54, 1.807) is 0 Å². The van der Waals surface area contributed by atoms with Gasteiger partial charge in [0.2, 0.25) is 0 Å². The fraction of sp³-hybridized carbons (Fsp3) is 1.00. The van der Waals surface area contributed by atoms with Crippen LogP contribution in [-0.2, 0) is 14.0 Å². The highest BCUT2D eigenvalue weighted by Crippen LogP contribution is 2.72. The Morgan fingerprint density at radius 2 is 1.35 bits per heavy atom. The van der Waals surface area contributed by atoms with Gasteiger partial charge in [0, 0.05) is 6.42 Å². The molecular weight excluding hydrogens is 695 g/mol. The van der Waals surface area contributed by atoms with Crippen molar-refractivity contribution in [3.63, 3.8) is 0 Å². The van der Waals surface area contributed by atoms with Crippen molar-refractivity contribution in [2.75, 3.05) is 0 Å². The quantitative estimate of drug-likeness (QED) is 0.0638. The summed E-state index contributed by atoms with van der Waals surface area (Å²) in [4.78, 5) is 21.9. The summed E-state index contributed by atoms with van der Waals surface area (Å²) in [6.45, 7) is 14.2. The predicted octanol–water partition coefficient (Wildman–Crippen LogP) is 11.9. The lowest BCUT2D eigenvalue weighted by molar-refractivity contribution is -0.224. The van der Waals surface area contributed by atoms with E-state index in [9.17, 15) is 24.6 Å². The summed E-state index contributed by atoms with van der Waals surface area (Å²) >= 11 is 0. The summed E-state index contributed by atoms with van der Waals surface area (Å²) in [7, 11) is -4.68. The van der Waals surface area contributed by atoms with Crippen LogP contribution in [0.4, 0.5) is 0 Å². The molecule has 0 radical (unpaired) electrons. The van der Waals surface area contributed by atoms with Crippen molar-refractivity contribution in [3.05, 3.63) is 0 Å². The molecule has 1 aliphatic heterocycles. The molecule has 4 N–H and O–H groups in total. The molecular formula is C46H85O7P. The highest BCUT2D eigenvalue weighted by molar-refractivity contribution is 7.53. The maximum Gasteiger partial charge on any atom is 0.357 e. The van der Waals surface area contributed by atoms with E-state index in [1.807, 2.05) is 6.92 Å². The number of fused-ring (bicyclic) bond motifs is 5. The molecule has 0 aromatic heterocycles. The molecule has 0 aromatic rings. The summed E-state index contributed by atoms with van der Waals surface area (Å²) in [6, 6.07) is 0. The molecule has 0 bridgehead atoms. The zero-order chi connectivity index (χ0) is 39.1. The maximum absolute atomic E-state index is 13.4. The van der Waals surface area contributed by atoms with Gasteiger partial charge in [0.1, 0.15) is 6.10 Å². The van der Waals surface area contributed by atoms with Gasteiger partial charge < -0.3 is 29.5 Å². The minimum absolute atomic E-state index is 0.0419. The fourth-order valence-corrected chi connectivity index (χ4v) is 14.7. The normalized spacial score (nSPS) is 39.8. The smallest absolute Gasteiger partial charge is 0.357 e. The van der Waals surface area contributed by atoms with Gasteiger partial charge in [-0.1, -0.05) is 138 Å². The Morgan fingerprint density at radius 1 is 0.741 bits per heavy atom. The van der Waals surface area contributed by atoms with Gasteiger partial charge in [-0.05, 0) is 116 Å². The predicted molar refractivity (Wildman–Crippen MR) is 220 cm³/mol. The van der Waals surface area contributed by atoms with E-state index in [4.69, 9.17) is 9.47 Å². The number of rotatable bonds is 22. The van der Waals surface area contributed by atoms with Crippen molar-refractivity contribution in [1.82, 2.24) is 0 Å². The lowest BCUT2D eigenvalue weighted by atomic mass is 9.44. The van der Waals surface area contributed by atoms with Gasteiger partial charge >= 0.3 is 7.60 Å². The third kappa shape index (κ3) is 10.0. The zero-order valence-electron chi connectivity index (χ0n) is 35.7. The van der Waals surface area contributed by atoms with Crippen LogP contribution in [0.15, 0.2) is 0 Å². The lowest BCUT2D eigenvalue weighted by Crippen LogP contribution is -2.56. The highest BCUT2D eigenvalue weighted by atomic mass is 31.2. The summed E-state index contributed by atoms with van der Waals surface area (Å²) in [6.07, 6.45) is 25.8. The SMILES string of the molecule is CCCCCCCCCCCCCCCC(C)C(O)[C@H]1OC(OC2(P(=O)(O)O)CC[C@@]3(C)C(CCC4C3CC[C@@]3(C)C4CC[C@@H]3[C@H](C)CCC)C2)C[C@@H]1O. The molecule has 5 fully saturated rings. The van der Waals surface area contributed by atoms with Crippen molar-refractivity contribution < 1.29 is 34.0 Å². The van der Waals surface area contributed by atoms with Gasteiger partial charge in [0.25, 0.3) is 0 Å². The Morgan fingerprint density at radius 3 is 1.96 bits per heavy atom. The van der Waals surface area contributed by atoms with Crippen molar-refractivity contribution in [3.8, 4) is 0 Å². The van der Waals surface area contributed by atoms with Gasteiger partial charge in [-0.15, -0.1) is 0 Å². The minimum atomic E-state index is -4.68. The average Bonchev–Trinajstić information content (AvgIpc) is 3.68. The van der Waals surface area contributed by atoms with E-state index in [-0.39, 0.29) is 23.7 Å².